The van der Waals surface area contributed by atoms with Gasteiger partial charge in [-0.25, -0.2) is 0 Å². The molecule has 2 rings (SSSR count). The highest BCUT2D eigenvalue weighted by Gasteiger charge is 2.06. The monoisotopic (exact) mass is 284 g/mol. The van der Waals surface area contributed by atoms with Gasteiger partial charge in [-0.1, -0.05) is 24.3 Å². The molecule has 0 saturated carbocycles. The number of aryl methyl sites for hydroxylation is 2. The SMILES string of the molecule is Cc1ccc(N)cc1NC(=O)CCOc1ccccc1C. The van der Waals surface area contributed by atoms with Crippen molar-refractivity contribution in [3.8, 4) is 5.75 Å². The second kappa shape index (κ2) is 6.79. The number of nitrogens with one attached hydrogen (secondary N) is 1. The molecule has 3 N–H and O–H groups in total. The quantitative estimate of drug-likeness (QED) is 0.828. The van der Waals surface area contributed by atoms with Crippen LogP contribution < -0.4 is 15.8 Å². The van der Waals surface area contributed by atoms with Crippen molar-refractivity contribution in [2.24, 2.45) is 0 Å². The normalized spacial score (nSPS) is 10.2. The molecule has 0 aliphatic heterocycles. The summed E-state index contributed by atoms with van der Waals surface area (Å²) >= 11 is 0. The van der Waals surface area contributed by atoms with E-state index in [4.69, 9.17) is 10.5 Å². The summed E-state index contributed by atoms with van der Waals surface area (Å²) in [4.78, 5) is 11.9. The first kappa shape index (κ1) is 14.9. The summed E-state index contributed by atoms with van der Waals surface area (Å²) in [6.07, 6.45) is 0.294. The van der Waals surface area contributed by atoms with Crippen molar-refractivity contribution in [1.82, 2.24) is 0 Å². The molecule has 0 atom stereocenters. The van der Waals surface area contributed by atoms with Crippen molar-refractivity contribution in [3.63, 3.8) is 0 Å². The van der Waals surface area contributed by atoms with Gasteiger partial charge in [-0.05, 0) is 43.2 Å². The highest BCUT2D eigenvalue weighted by molar-refractivity contribution is 5.92. The number of benzene rings is 2. The fraction of sp³-hybridized carbons (Fsp3) is 0.235. The molecule has 0 saturated heterocycles. The van der Waals surface area contributed by atoms with E-state index in [1.165, 1.54) is 0 Å². The Bertz CT molecular complexity index is 638. The number of carbonyl (C=O) groups is 1. The topological polar surface area (TPSA) is 64.3 Å². The number of ether oxygens (including phenoxy) is 1. The molecular formula is C17H20N2O2. The number of carbonyl (C=O) groups excluding carboxylic acids is 1. The third-order valence-electron chi connectivity index (χ3n) is 3.22. The number of hydrogen-bond acceptors (Lipinski definition) is 3. The molecular weight excluding hydrogens is 264 g/mol. The van der Waals surface area contributed by atoms with Crippen LogP contribution in [0.1, 0.15) is 17.5 Å². The van der Waals surface area contributed by atoms with Crippen molar-refractivity contribution in [2.75, 3.05) is 17.7 Å². The molecule has 21 heavy (non-hydrogen) atoms. The van der Waals surface area contributed by atoms with Gasteiger partial charge < -0.3 is 15.8 Å². The van der Waals surface area contributed by atoms with Gasteiger partial charge in [0.15, 0.2) is 0 Å². The zero-order chi connectivity index (χ0) is 15.2. The Labute approximate surface area is 124 Å². The average molecular weight is 284 g/mol. The first-order valence-electron chi connectivity index (χ1n) is 6.90. The van der Waals surface area contributed by atoms with Gasteiger partial charge in [-0.15, -0.1) is 0 Å². The van der Waals surface area contributed by atoms with Gasteiger partial charge >= 0.3 is 0 Å². The number of rotatable bonds is 5. The molecule has 2 aromatic rings. The lowest BCUT2D eigenvalue weighted by Crippen LogP contribution is -2.16. The van der Waals surface area contributed by atoms with Gasteiger partial charge in [0, 0.05) is 11.4 Å². The van der Waals surface area contributed by atoms with E-state index in [0.29, 0.717) is 18.7 Å². The van der Waals surface area contributed by atoms with Crippen LogP contribution in [-0.2, 0) is 4.79 Å². The van der Waals surface area contributed by atoms with Crippen LogP contribution in [0.15, 0.2) is 42.5 Å². The van der Waals surface area contributed by atoms with Crippen LogP contribution in [-0.4, -0.2) is 12.5 Å². The van der Waals surface area contributed by atoms with Crippen molar-refractivity contribution in [2.45, 2.75) is 20.3 Å². The van der Waals surface area contributed by atoms with E-state index in [-0.39, 0.29) is 5.91 Å². The number of anilines is 2. The van der Waals surface area contributed by atoms with Crippen LogP contribution in [0.25, 0.3) is 0 Å². The predicted molar refractivity (Wildman–Crippen MR) is 85.5 cm³/mol. The van der Waals surface area contributed by atoms with Gasteiger partial charge in [-0.2, -0.15) is 0 Å². The highest BCUT2D eigenvalue weighted by atomic mass is 16.5. The lowest BCUT2D eigenvalue weighted by Gasteiger charge is -2.11. The van der Waals surface area contributed by atoms with Gasteiger partial charge in [0.05, 0.1) is 13.0 Å². The number of para-hydroxylation sites is 1. The van der Waals surface area contributed by atoms with E-state index in [1.54, 1.807) is 6.07 Å². The molecule has 2 aromatic carbocycles. The van der Waals surface area contributed by atoms with E-state index in [2.05, 4.69) is 5.32 Å². The predicted octanol–water partition coefficient (Wildman–Crippen LogP) is 3.29. The van der Waals surface area contributed by atoms with Gasteiger partial charge in [0.25, 0.3) is 0 Å². The standard InChI is InChI=1S/C17H20N2O2/c1-12-7-8-14(18)11-15(12)19-17(20)9-10-21-16-6-4-3-5-13(16)2/h3-8,11H,9-10,18H2,1-2H3,(H,19,20). The number of amides is 1. The van der Waals surface area contributed by atoms with Gasteiger partial charge in [0.1, 0.15) is 5.75 Å². The third kappa shape index (κ3) is 4.24. The third-order valence-corrected chi connectivity index (χ3v) is 3.22. The Balaban J connectivity index is 1.85. The molecule has 0 aliphatic rings. The Hall–Kier alpha value is -2.49. The molecule has 4 nitrogen and oxygen atoms in total. The summed E-state index contributed by atoms with van der Waals surface area (Å²) in [6, 6.07) is 13.2. The Morgan fingerprint density at radius 2 is 1.90 bits per heavy atom. The van der Waals surface area contributed by atoms with Gasteiger partial charge in [0.2, 0.25) is 5.91 Å². The molecule has 0 aromatic heterocycles. The summed E-state index contributed by atoms with van der Waals surface area (Å²) in [7, 11) is 0. The molecule has 0 aliphatic carbocycles. The molecule has 1 amide bonds. The van der Waals surface area contributed by atoms with E-state index in [0.717, 1.165) is 22.6 Å². The maximum Gasteiger partial charge on any atom is 0.227 e. The van der Waals surface area contributed by atoms with Crippen molar-refractivity contribution >= 4 is 17.3 Å². The smallest absolute Gasteiger partial charge is 0.227 e. The zero-order valence-corrected chi connectivity index (χ0v) is 12.3. The lowest BCUT2D eigenvalue weighted by molar-refractivity contribution is -0.116. The van der Waals surface area contributed by atoms with Crippen LogP contribution in [0.3, 0.4) is 0 Å². The Morgan fingerprint density at radius 1 is 1.14 bits per heavy atom. The van der Waals surface area contributed by atoms with Crippen LogP contribution in [0, 0.1) is 13.8 Å². The minimum atomic E-state index is -0.0858. The average Bonchev–Trinajstić information content (AvgIpc) is 2.45. The second-order valence-corrected chi connectivity index (χ2v) is 4.99. The fourth-order valence-corrected chi connectivity index (χ4v) is 1.96. The van der Waals surface area contributed by atoms with Crippen molar-refractivity contribution in [1.29, 1.82) is 0 Å². The highest BCUT2D eigenvalue weighted by Crippen LogP contribution is 2.19. The lowest BCUT2D eigenvalue weighted by atomic mass is 10.2. The molecule has 0 bridgehead atoms. The molecule has 4 heteroatoms. The van der Waals surface area contributed by atoms with Crippen molar-refractivity contribution < 1.29 is 9.53 Å². The van der Waals surface area contributed by atoms with Crippen LogP contribution in [0.4, 0.5) is 11.4 Å². The molecule has 0 fully saturated rings. The Morgan fingerprint density at radius 3 is 2.67 bits per heavy atom. The minimum absolute atomic E-state index is 0.0858. The summed E-state index contributed by atoms with van der Waals surface area (Å²) < 4.78 is 5.61. The first-order valence-corrected chi connectivity index (χ1v) is 6.90. The van der Waals surface area contributed by atoms with Gasteiger partial charge in [-0.3, -0.25) is 4.79 Å². The summed E-state index contributed by atoms with van der Waals surface area (Å²) in [5.74, 6) is 0.725. The molecule has 0 heterocycles. The maximum atomic E-state index is 11.9. The molecule has 110 valence electrons. The zero-order valence-electron chi connectivity index (χ0n) is 12.3. The summed E-state index contributed by atoms with van der Waals surface area (Å²) in [5.41, 5.74) is 9.14. The molecule has 0 radical (unpaired) electrons. The second-order valence-electron chi connectivity index (χ2n) is 4.99. The molecule has 0 spiro atoms. The minimum Gasteiger partial charge on any atom is -0.493 e. The van der Waals surface area contributed by atoms with Crippen molar-refractivity contribution in [3.05, 3.63) is 53.6 Å². The van der Waals surface area contributed by atoms with Crippen LogP contribution in [0.5, 0.6) is 5.75 Å². The fourth-order valence-electron chi connectivity index (χ4n) is 1.96. The van der Waals surface area contributed by atoms with Crippen LogP contribution >= 0.6 is 0 Å². The van der Waals surface area contributed by atoms with E-state index in [1.807, 2.05) is 50.2 Å². The first-order chi connectivity index (χ1) is 10.1. The van der Waals surface area contributed by atoms with Crippen LogP contribution in [0.2, 0.25) is 0 Å². The number of nitrogens with two attached hydrogens (primary N) is 1. The summed E-state index contributed by atoms with van der Waals surface area (Å²) in [5, 5.41) is 2.85. The largest absolute Gasteiger partial charge is 0.493 e. The Kier molecular flexibility index (Phi) is 4.82. The van der Waals surface area contributed by atoms with E-state index < -0.39 is 0 Å². The number of nitrogen functional groups attached to an aromatic ring is 1. The van der Waals surface area contributed by atoms with E-state index >= 15 is 0 Å². The maximum absolute atomic E-state index is 11.9. The number of hydrogen-bond donors (Lipinski definition) is 2. The molecule has 0 unspecified atom stereocenters. The van der Waals surface area contributed by atoms with E-state index in [9.17, 15) is 4.79 Å². The summed E-state index contributed by atoms with van der Waals surface area (Å²) in [6.45, 7) is 4.25.